The number of rotatable bonds is 7. The highest BCUT2D eigenvalue weighted by molar-refractivity contribution is 7.80. The Morgan fingerprint density at radius 3 is 1.29 bits per heavy atom. The van der Waals surface area contributed by atoms with E-state index in [1.807, 2.05) is 7.11 Å². The van der Waals surface area contributed by atoms with E-state index in [1.165, 1.54) is 31.5 Å². The first-order valence-corrected chi connectivity index (χ1v) is 14.8. The Bertz CT molecular complexity index is 1250. The van der Waals surface area contributed by atoms with Gasteiger partial charge in [0, 0.05) is 7.11 Å². The number of benzene rings is 5. The lowest BCUT2D eigenvalue weighted by Gasteiger charge is -2.35. The zero-order valence-corrected chi connectivity index (χ0v) is 21.1. The Hall–Kier alpha value is -3.29. The fourth-order valence-electron chi connectivity index (χ4n) is 4.72. The second-order valence-corrected chi connectivity index (χ2v) is 13.8. The molecular weight excluding hydrogens is 447 g/mol. The van der Waals surface area contributed by atoms with Crippen molar-refractivity contribution in [2.45, 2.75) is 0 Å². The third-order valence-electron chi connectivity index (χ3n) is 6.22. The largest absolute Gasteiger partial charge is 0.408 e. The van der Waals surface area contributed by atoms with Gasteiger partial charge in [0.15, 0.2) is 0 Å². The zero-order chi connectivity index (χ0) is 23.2. The SMILES string of the molecule is CO[Si](c1ccccc1)(c1ccccc1)c1ccccc1P(c1ccccc1)c1ccccc1. The molecule has 0 bridgehead atoms. The highest BCUT2D eigenvalue weighted by Crippen LogP contribution is 2.32. The van der Waals surface area contributed by atoms with Gasteiger partial charge in [-0.2, -0.15) is 0 Å². The van der Waals surface area contributed by atoms with Crippen LogP contribution in [0.5, 0.6) is 0 Å². The van der Waals surface area contributed by atoms with E-state index in [-0.39, 0.29) is 0 Å². The smallest absolute Gasteiger partial charge is 0.288 e. The van der Waals surface area contributed by atoms with Gasteiger partial charge in [0.1, 0.15) is 0 Å². The monoisotopic (exact) mass is 474 g/mol. The average molecular weight is 475 g/mol. The van der Waals surface area contributed by atoms with Crippen LogP contribution in [0, 0.1) is 0 Å². The van der Waals surface area contributed by atoms with Crippen LogP contribution >= 0.6 is 7.92 Å². The molecule has 166 valence electrons. The highest BCUT2D eigenvalue weighted by atomic mass is 31.1. The minimum atomic E-state index is -2.75. The van der Waals surface area contributed by atoms with E-state index in [2.05, 4.69) is 146 Å². The number of hydrogen-bond acceptors (Lipinski definition) is 1. The molecule has 0 atom stereocenters. The molecule has 0 N–H and O–H groups in total. The van der Waals surface area contributed by atoms with Crippen LogP contribution in [0.25, 0.3) is 0 Å². The minimum absolute atomic E-state index is 0.763. The molecular formula is C31H27OPSi. The van der Waals surface area contributed by atoms with Gasteiger partial charge < -0.3 is 4.43 Å². The van der Waals surface area contributed by atoms with Gasteiger partial charge in [-0.05, 0) is 39.4 Å². The summed E-state index contributed by atoms with van der Waals surface area (Å²) in [5.41, 5.74) is 0. The van der Waals surface area contributed by atoms with Crippen LogP contribution in [0.15, 0.2) is 146 Å². The van der Waals surface area contributed by atoms with E-state index in [0.29, 0.717) is 0 Å². The maximum Gasteiger partial charge on any atom is 0.288 e. The first kappa shape index (κ1) is 22.5. The van der Waals surface area contributed by atoms with E-state index in [1.54, 1.807) is 0 Å². The Balaban J connectivity index is 1.83. The molecule has 0 saturated heterocycles. The molecule has 5 aromatic carbocycles. The second-order valence-electron chi connectivity index (χ2n) is 8.14. The molecule has 0 saturated carbocycles. The average Bonchev–Trinajstić information content (AvgIpc) is 2.93. The van der Waals surface area contributed by atoms with E-state index in [4.69, 9.17) is 4.43 Å². The lowest BCUT2D eigenvalue weighted by Crippen LogP contribution is -2.71. The summed E-state index contributed by atoms with van der Waals surface area (Å²) in [6, 6.07) is 52.3. The summed E-state index contributed by atoms with van der Waals surface area (Å²) in [4.78, 5) is 0. The summed E-state index contributed by atoms with van der Waals surface area (Å²) >= 11 is 0. The van der Waals surface area contributed by atoms with Crippen LogP contribution in [-0.2, 0) is 4.43 Å². The molecule has 1 nitrogen and oxygen atoms in total. The molecule has 0 aliphatic heterocycles. The predicted octanol–water partition coefficient (Wildman–Crippen LogP) is 4.06. The van der Waals surface area contributed by atoms with Crippen molar-refractivity contribution in [2.75, 3.05) is 7.11 Å². The topological polar surface area (TPSA) is 9.23 Å². The van der Waals surface area contributed by atoms with Gasteiger partial charge in [0.25, 0.3) is 8.32 Å². The summed E-state index contributed by atoms with van der Waals surface area (Å²) in [5.74, 6) is 0. The summed E-state index contributed by atoms with van der Waals surface area (Å²) < 4.78 is 6.71. The normalized spacial score (nSPS) is 11.5. The van der Waals surface area contributed by atoms with E-state index in [9.17, 15) is 0 Å². The summed E-state index contributed by atoms with van der Waals surface area (Å²) in [5, 5.41) is 7.87. The van der Waals surface area contributed by atoms with Gasteiger partial charge in [-0.15, -0.1) is 0 Å². The molecule has 0 fully saturated rings. The van der Waals surface area contributed by atoms with Crippen molar-refractivity contribution in [2.24, 2.45) is 0 Å². The summed E-state index contributed by atoms with van der Waals surface area (Å²) in [6.45, 7) is 0. The Kier molecular flexibility index (Phi) is 6.83. The summed E-state index contributed by atoms with van der Waals surface area (Å²) in [6.07, 6.45) is 0. The van der Waals surface area contributed by atoms with Gasteiger partial charge in [-0.25, -0.2) is 0 Å². The zero-order valence-electron chi connectivity index (χ0n) is 19.2. The molecule has 34 heavy (non-hydrogen) atoms. The van der Waals surface area contributed by atoms with Crippen molar-refractivity contribution in [3.8, 4) is 0 Å². The molecule has 0 aliphatic carbocycles. The van der Waals surface area contributed by atoms with Crippen molar-refractivity contribution in [3.63, 3.8) is 0 Å². The van der Waals surface area contributed by atoms with Crippen molar-refractivity contribution in [1.29, 1.82) is 0 Å². The van der Waals surface area contributed by atoms with Crippen molar-refractivity contribution in [3.05, 3.63) is 146 Å². The van der Waals surface area contributed by atoms with Crippen LogP contribution < -0.4 is 31.5 Å². The molecule has 3 heteroatoms. The van der Waals surface area contributed by atoms with Crippen LogP contribution in [0.2, 0.25) is 0 Å². The van der Waals surface area contributed by atoms with Crippen LogP contribution in [0.3, 0.4) is 0 Å². The third kappa shape index (κ3) is 4.17. The maximum absolute atomic E-state index is 6.71. The van der Waals surface area contributed by atoms with E-state index < -0.39 is 16.2 Å². The number of hydrogen-bond donors (Lipinski definition) is 0. The molecule has 0 unspecified atom stereocenters. The molecule has 0 radical (unpaired) electrons. The van der Waals surface area contributed by atoms with Crippen LogP contribution in [-0.4, -0.2) is 15.4 Å². The quantitative estimate of drug-likeness (QED) is 0.196. The lowest BCUT2D eigenvalue weighted by molar-refractivity contribution is 0.427. The van der Waals surface area contributed by atoms with Gasteiger partial charge in [-0.1, -0.05) is 146 Å². The Morgan fingerprint density at radius 1 is 0.471 bits per heavy atom. The van der Waals surface area contributed by atoms with Gasteiger partial charge in [-0.3, -0.25) is 0 Å². The minimum Gasteiger partial charge on any atom is -0.408 e. The molecule has 0 aliphatic rings. The standard InChI is InChI=1S/C31H27OPSi/c1-32-34(28-20-10-4-11-21-28,29-22-12-5-13-23-29)31-25-15-14-24-30(31)33(26-16-6-2-7-17-26)27-18-8-3-9-19-27/h2-25H,1H3. The molecule has 0 aromatic heterocycles. The highest BCUT2D eigenvalue weighted by Gasteiger charge is 2.43. The lowest BCUT2D eigenvalue weighted by atomic mass is 10.3. The predicted molar refractivity (Wildman–Crippen MR) is 150 cm³/mol. The molecule has 0 heterocycles. The van der Waals surface area contributed by atoms with Crippen LogP contribution in [0.4, 0.5) is 0 Å². The fraction of sp³-hybridized carbons (Fsp3) is 0.0323. The Morgan fingerprint density at radius 2 is 0.853 bits per heavy atom. The second kappa shape index (κ2) is 10.3. The molecule has 0 spiro atoms. The first-order valence-electron chi connectivity index (χ1n) is 11.5. The fourth-order valence-corrected chi connectivity index (χ4v) is 11.6. The van der Waals surface area contributed by atoms with Gasteiger partial charge >= 0.3 is 0 Å². The first-order chi connectivity index (χ1) is 16.8. The third-order valence-corrected chi connectivity index (χ3v) is 13.0. The van der Waals surface area contributed by atoms with Crippen molar-refractivity contribution >= 4 is 47.7 Å². The molecule has 0 amide bonds. The van der Waals surface area contributed by atoms with Crippen molar-refractivity contribution < 1.29 is 4.43 Å². The maximum atomic E-state index is 6.71. The van der Waals surface area contributed by atoms with Crippen LogP contribution in [0.1, 0.15) is 0 Å². The van der Waals surface area contributed by atoms with E-state index in [0.717, 1.165) is 0 Å². The molecule has 5 aromatic rings. The van der Waals surface area contributed by atoms with Gasteiger partial charge in [0.2, 0.25) is 0 Å². The van der Waals surface area contributed by atoms with E-state index >= 15 is 0 Å². The van der Waals surface area contributed by atoms with Gasteiger partial charge in [0.05, 0.1) is 0 Å². The van der Waals surface area contributed by atoms with Crippen molar-refractivity contribution in [1.82, 2.24) is 0 Å². The summed E-state index contributed by atoms with van der Waals surface area (Å²) in [7, 11) is -1.63. The molecule has 5 rings (SSSR count). The Labute approximate surface area is 204 Å².